The quantitative estimate of drug-likeness (QED) is 0.286. The maximum Gasteiger partial charge on any atom is 0.208 e. The number of rotatable bonds is 7. The van der Waals surface area contributed by atoms with Gasteiger partial charge in [0.05, 0.1) is 6.26 Å². The monoisotopic (exact) mass is 392 g/mol. The first-order chi connectivity index (χ1) is 7.90. The van der Waals surface area contributed by atoms with Crippen LogP contribution in [0.25, 0.3) is 0 Å². The highest BCUT2D eigenvalue weighted by Crippen LogP contribution is 1.92. The highest BCUT2D eigenvalue weighted by Gasteiger charge is 2.04. The lowest BCUT2D eigenvalue weighted by atomic mass is 10.3. The van der Waals surface area contributed by atoms with Gasteiger partial charge in [0, 0.05) is 33.7 Å². The van der Waals surface area contributed by atoms with Crippen molar-refractivity contribution in [1.82, 2.24) is 14.9 Å². The Morgan fingerprint density at radius 2 is 1.94 bits per heavy atom. The largest absolute Gasteiger partial charge is 0.355 e. The molecule has 0 spiro atoms. The van der Waals surface area contributed by atoms with E-state index < -0.39 is 10.0 Å². The maximum absolute atomic E-state index is 10.8. The molecule has 0 aromatic carbocycles. The predicted octanol–water partition coefficient (Wildman–Crippen LogP) is 0.461. The molecule has 0 radical (unpaired) electrons. The van der Waals surface area contributed by atoms with Crippen LogP contribution >= 0.6 is 24.0 Å². The molecule has 0 saturated heterocycles. The summed E-state index contributed by atoms with van der Waals surface area (Å²) in [6.45, 7) is 3.96. The number of halogens is 1. The summed E-state index contributed by atoms with van der Waals surface area (Å²) in [6.07, 6.45) is 3.39. The highest BCUT2D eigenvalue weighted by molar-refractivity contribution is 14.0. The van der Waals surface area contributed by atoms with Crippen molar-refractivity contribution < 1.29 is 8.42 Å². The van der Waals surface area contributed by atoms with Gasteiger partial charge in [-0.2, -0.15) is 0 Å². The van der Waals surface area contributed by atoms with Gasteiger partial charge in [-0.05, 0) is 6.42 Å². The van der Waals surface area contributed by atoms with Gasteiger partial charge < -0.3 is 10.2 Å². The van der Waals surface area contributed by atoms with E-state index in [4.69, 9.17) is 0 Å². The van der Waals surface area contributed by atoms with E-state index in [9.17, 15) is 8.42 Å². The Bertz CT molecular complexity index is 333. The first-order valence-electron chi connectivity index (χ1n) is 5.77. The summed E-state index contributed by atoms with van der Waals surface area (Å²) in [5.41, 5.74) is 0. The highest BCUT2D eigenvalue weighted by atomic mass is 127. The lowest BCUT2D eigenvalue weighted by Crippen LogP contribution is -2.42. The van der Waals surface area contributed by atoms with Crippen LogP contribution in [-0.4, -0.2) is 59.3 Å². The van der Waals surface area contributed by atoms with Crippen molar-refractivity contribution in [3.63, 3.8) is 0 Å². The molecule has 18 heavy (non-hydrogen) atoms. The number of unbranched alkanes of at least 4 members (excludes halogenated alkanes) is 1. The van der Waals surface area contributed by atoms with Crippen LogP contribution in [0.15, 0.2) is 4.99 Å². The molecule has 0 aromatic rings. The lowest BCUT2D eigenvalue weighted by molar-refractivity contribution is 0.465. The fourth-order valence-corrected chi connectivity index (χ4v) is 1.77. The maximum atomic E-state index is 10.8. The summed E-state index contributed by atoms with van der Waals surface area (Å²) in [7, 11) is 0.578. The molecule has 0 heterocycles. The van der Waals surface area contributed by atoms with E-state index in [1.807, 2.05) is 11.9 Å². The number of nitrogens with one attached hydrogen (secondary N) is 2. The zero-order valence-corrected chi connectivity index (χ0v) is 14.7. The molecule has 2 N–H and O–H groups in total. The van der Waals surface area contributed by atoms with Gasteiger partial charge in [0.1, 0.15) is 0 Å². The standard InChI is InChI=1S/C10H24N4O2S.HI/c1-5-6-9-14(3)10(11-2)12-7-8-13-17(4,15)16;/h13H,5-9H2,1-4H3,(H,11,12);1H. The third-order valence-corrected chi connectivity index (χ3v) is 2.92. The molecule has 0 fully saturated rings. The normalized spacial score (nSPS) is 11.9. The third kappa shape index (κ3) is 11.0. The minimum atomic E-state index is -3.11. The molecule has 0 bridgehead atoms. The minimum absolute atomic E-state index is 0. The topological polar surface area (TPSA) is 73.8 Å². The average molecular weight is 392 g/mol. The van der Waals surface area contributed by atoms with E-state index >= 15 is 0 Å². The first-order valence-corrected chi connectivity index (χ1v) is 7.66. The predicted molar refractivity (Wildman–Crippen MR) is 87.2 cm³/mol. The summed E-state index contributed by atoms with van der Waals surface area (Å²) in [5.74, 6) is 0.786. The number of hydrogen-bond acceptors (Lipinski definition) is 3. The van der Waals surface area contributed by atoms with E-state index in [0.29, 0.717) is 13.1 Å². The van der Waals surface area contributed by atoms with Gasteiger partial charge in [0.25, 0.3) is 0 Å². The molecule has 0 saturated carbocycles. The smallest absolute Gasteiger partial charge is 0.208 e. The molecule has 6 nitrogen and oxygen atoms in total. The molecule has 0 aromatic heterocycles. The molecular formula is C10H25IN4O2S. The van der Waals surface area contributed by atoms with Gasteiger partial charge in [0.2, 0.25) is 10.0 Å². The second-order valence-electron chi connectivity index (χ2n) is 3.92. The van der Waals surface area contributed by atoms with E-state index in [0.717, 1.165) is 31.6 Å². The van der Waals surface area contributed by atoms with E-state index in [-0.39, 0.29) is 24.0 Å². The minimum Gasteiger partial charge on any atom is -0.355 e. The van der Waals surface area contributed by atoms with Crippen LogP contribution < -0.4 is 10.0 Å². The molecule has 0 atom stereocenters. The van der Waals surface area contributed by atoms with Crippen LogP contribution in [0.3, 0.4) is 0 Å². The van der Waals surface area contributed by atoms with Crippen molar-refractivity contribution in [3.8, 4) is 0 Å². The second-order valence-corrected chi connectivity index (χ2v) is 5.75. The van der Waals surface area contributed by atoms with Crippen molar-refractivity contribution in [2.45, 2.75) is 19.8 Å². The van der Waals surface area contributed by atoms with Crippen molar-refractivity contribution in [3.05, 3.63) is 0 Å². The lowest BCUT2D eigenvalue weighted by Gasteiger charge is -2.21. The molecular weight excluding hydrogens is 367 g/mol. The van der Waals surface area contributed by atoms with Gasteiger partial charge in [-0.25, -0.2) is 13.1 Å². The van der Waals surface area contributed by atoms with Gasteiger partial charge in [-0.15, -0.1) is 24.0 Å². The summed E-state index contributed by atoms with van der Waals surface area (Å²) in [4.78, 5) is 6.16. The molecule has 8 heteroatoms. The molecule has 0 aliphatic rings. The van der Waals surface area contributed by atoms with Crippen molar-refractivity contribution >= 4 is 40.0 Å². The average Bonchev–Trinajstić information content (AvgIpc) is 2.24. The van der Waals surface area contributed by atoms with Crippen molar-refractivity contribution in [2.75, 3.05) is 40.0 Å². The molecule has 0 rings (SSSR count). The fraction of sp³-hybridized carbons (Fsp3) is 0.900. The molecule has 0 amide bonds. The summed E-state index contributed by atoms with van der Waals surface area (Å²) >= 11 is 0. The van der Waals surface area contributed by atoms with Crippen LogP contribution in [0.4, 0.5) is 0 Å². The van der Waals surface area contributed by atoms with E-state index in [2.05, 4.69) is 22.0 Å². The SMILES string of the molecule is CCCCN(C)C(=NC)NCCNS(C)(=O)=O.I. The van der Waals surface area contributed by atoms with Gasteiger partial charge in [-0.3, -0.25) is 4.99 Å². The third-order valence-electron chi connectivity index (χ3n) is 2.19. The number of aliphatic imine (C=N–C) groups is 1. The molecule has 110 valence electrons. The van der Waals surface area contributed by atoms with Crippen LogP contribution in [0.1, 0.15) is 19.8 Å². The van der Waals surface area contributed by atoms with Gasteiger partial charge >= 0.3 is 0 Å². The first kappa shape index (κ1) is 20.2. The summed E-state index contributed by atoms with van der Waals surface area (Å²) < 4.78 is 24.1. The van der Waals surface area contributed by atoms with Crippen LogP contribution in [-0.2, 0) is 10.0 Å². The zero-order chi connectivity index (χ0) is 13.3. The van der Waals surface area contributed by atoms with Crippen molar-refractivity contribution in [2.24, 2.45) is 4.99 Å². The fourth-order valence-electron chi connectivity index (χ4n) is 1.30. The summed E-state index contributed by atoms with van der Waals surface area (Å²) in [5, 5.41) is 3.10. The Hall–Kier alpha value is -0.0900. The Balaban J connectivity index is 0. The molecule has 0 unspecified atom stereocenters. The number of nitrogens with zero attached hydrogens (tertiary/aromatic N) is 2. The van der Waals surface area contributed by atoms with Crippen molar-refractivity contribution in [1.29, 1.82) is 0 Å². The van der Waals surface area contributed by atoms with Gasteiger partial charge in [0.15, 0.2) is 5.96 Å². The van der Waals surface area contributed by atoms with Crippen LogP contribution in [0, 0.1) is 0 Å². The van der Waals surface area contributed by atoms with E-state index in [1.54, 1.807) is 7.05 Å². The summed E-state index contributed by atoms with van der Waals surface area (Å²) in [6, 6.07) is 0. The van der Waals surface area contributed by atoms with Crippen LogP contribution in [0.2, 0.25) is 0 Å². The Kier molecular flexibility index (Phi) is 12.1. The molecule has 0 aliphatic heterocycles. The second kappa shape index (κ2) is 10.8. The molecule has 0 aliphatic carbocycles. The Morgan fingerprint density at radius 1 is 1.33 bits per heavy atom. The van der Waals surface area contributed by atoms with Crippen LogP contribution in [0.5, 0.6) is 0 Å². The number of guanidine groups is 1. The number of hydrogen-bond donors (Lipinski definition) is 2. The Morgan fingerprint density at radius 3 is 2.39 bits per heavy atom. The zero-order valence-electron chi connectivity index (χ0n) is 11.6. The Labute approximate surface area is 128 Å². The van der Waals surface area contributed by atoms with Gasteiger partial charge in [-0.1, -0.05) is 13.3 Å². The van der Waals surface area contributed by atoms with E-state index in [1.165, 1.54) is 0 Å². The number of sulfonamides is 1.